The monoisotopic (exact) mass is 390 g/mol. The van der Waals surface area contributed by atoms with Crippen molar-refractivity contribution in [2.75, 3.05) is 5.32 Å². The number of aromatic nitrogens is 1. The second-order valence-electron chi connectivity index (χ2n) is 6.69. The molecule has 140 valence electrons. The summed E-state index contributed by atoms with van der Waals surface area (Å²) in [7, 11) is 0. The predicted octanol–water partition coefficient (Wildman–Crippen LogP) is 3.75. The number of hydrogen-bond acceptors (Lipinski definition) is 4. The first-order valence-corrected chi connectivity index (χ1v) is 9.83. The van der Waals surface area contributed by atoms with E-state index in [-0.39, 0.29) is 5.57 Å². The number of hydrogen-bond donors (Lipinski definition) is 3. The molecule has 28 heavy (non-hydrogen) atoms. The van der Waals surface area contributed by atoms with Gasteiger partial charge >= 0.3 is 0 Å². The summed E-state index contributed by atoms with van der Waals surface area (Å²) < 4.78 is 0. The zero-order chi connectivity index (χ0) is 19.7. The van der Waals surface area contributed by atoms with Crippen molar-refractivity contribution < 1.29 is 9.59 Å². The van der Waals surface area contributed by atoms with Gasteiger partial charge in [0.15, 0.2) is 0 Å². The minimum atomic E-state index is -0.547. The van der Waals surface area contributed by atoms with Crippen molar-refractivity contribution in [3.63, 3.8) is 0 Å². The Morgan fingerprint density at radius 3 is 2.82 bits per heavy atom. The summed E-state index contributed by atoms with van der Waals surface area (Å²) in [5.41, 5.74) is 8.54. The maximum absolute atomic E-state index is 12.7. The van der Waals surface area contributed by atoms with E-state index in [1.165, 1.54) is 11.3 Å². The fourth-order valence-electron chi connectivity index (χ4n) is 3.60. The summed E-state index contributed by atoms with van der Waals surface area (Å²) in [4.78, 5) is 28.9. The van der Waals surface area contributed by atoms with Crippen LogP contribution in [0.15, 0.2) is 36.0 Å². The molecule has 0 aliphatic heterocycles. The fraction of sp³-hybridized carbons (Fsp3) is 0.190. The zero-order valence-electron chi connectivity index (χ0n) is 15.0. The number of aromatic amines is 1. The molecular weight excluding hydrogens is 372 g/mol. The standard InChI is InChI=1S/C21H18N4O2S/c22-10-12(9-13-11-24-16-7-3-1-5-14(13)16)20(27)25-21-18(19(23)26)15-6-2-4-8-17(15)28-21/h1,3,5,7,9,11,24H,2,4,6,8H2,(H2,23,26)(H,25,27)/b12-9-. The number of benzene rings is 1. The lowest BCUT2D eigenvalue weighted by atomic mass is 9.95. The summed E-state index contributed by atoms with van der Waals surface area (Å²) in [6.07, 6.45) is 7.03. The third-order valence-electron chi connectivity index (χ3n) is 4.93. The predicted molar refractivity (Wildman–Crippen MR) is 110 cm³/mol. The Balaban J connectivity index is 1.67. The number of nitriles is 1. The number of aryl methyl sites for hydroxylation is 1. The Bertz CT molecular complexity index is 1160. The van der Waals surface area contributed by atoms with Crippen LogP contribution in [0.4, 0.5) is 5.00 Å². The molecule has 0 unspecified atom stereocenters. The molecule has 3 aromatic rings. The van der Waals surface area contributed by atoms with Gasteiger partial charge in [-0.25, -0.2) is 0 Å². The highest BCUT2D eigenvalue weighted by atomic mass is 32.1. The normalized spacial score (nSPS) is 13.8. The van der Waals surface area contributed by atoms with Crippen molar-refractivity contribution in [3.05, 3.63) is 57.6 Å². The number of primary amides is 1. The van der Waals surface area contributed by atoms with Crippen molar-refractivity contribution in [1.29, 1.82) is 5.26 Å². The van der Waals surface area contributed by atoms with Gasteiger partial charge in [-0.2, -0.15) is 5.26 Å². The number of rotatable bonds is 4. The van der Waals surface area contributed by atoms with E-state index in [4.69, 9.17) is 5.73 Å². The van der Waals surface area contributed by atoms with Gasteiger partial charge in [0, 0.05) is 27.5 Å². The second-order valence-corrected chi connectivity index (χ2v) is 7.80. The number of anilines is 1. The Kier molecular flexibility index (Phi) is 4.72. The van der Waals surface area contributed by atoms with Crippen LogP contribution in [0.25, 0.3) is 17.0 Å². The second kappa shape index (κ2) is 7.33. The van der Waals surface area contributed by atoms with Gasteiger partial charge in [0.1, 0.15) is 16.6 Å². The number of carbonyl (C=O) groups is 2. The Labute approximate surface area is 165 Å². The third-order valence-corrected chi connectivity index (χ3v) is 6.14. The number of fused-ring (bicyclic) bond motifs is 2. The molecule has 1 aliphatic carbocycles. The number of nitrogens with two attached hydrogens (primary N) is 1. The molecule has 0 radical (unpaired) electrons. The van der Waals surface area contributed by atoms with Crippen LogP contribution < -0.4 is 11.1 Å². The molecule has 4 rings (SSSR count). The fourth-order valence-corrected chi connectivity index (χ4v) is 4.89. The SMILES string of the molecule is N#C/C(=C/c1c[nH]c2ccccc12)C(=O)Nc1sc2c(c1C(N)=O)CCCC2. The van der Waals surface area contributed by atoms with Gasteiger partial charge in [0.2, 0.25) is 0 Å². The summed E-state index contributed by atoms with van der Waals surface area (Å²) >= 11 is 1.38. The van der Waals surface area contributed by atoms with E-state index >= 15 is 0 Å². The van der Waals surface area contributed by atoms with Crippen LogP contribution in [0.5, 0.6) is 0 Å². The number of nitrogens with zero attached hydrogens (tertiary/aromatic N) is 1. The first-order valence-electron chi connectivity index (χ1n) is 9.02. The average molecular weight is 390 g/mol. The largest absolute Gasteiger partial charge is 0.365 e. The smallest absolute Gasteiger partial charge is 0.266 e. The van der Waals surface area contributed by atoms with Gasteiger partial charge in [-0.3, -0.25) is 9.59 Å². The van der Waals surface area contributed by atoms with E-state index < -0.39 is 11.8 Å². The molecule has 0 bridgehead atoms. The van der Waals surface area contributed by atoms with Crippen LogP contribution in [0, 0.1) is 11.3 Å². The number of carbonyl (C=O) groups excluding carboxylic acids is 2. The van der Waals surface area contributed by atoms with Crippen LogP contribution in [0.1, 0.15) is 39.2 Å². The summed E-state index contributed by atoms with van der Waals surface area (Å²) in [5.74, 6) is -1.09. The summed E-state index contributed by atoms with van der Waals surface area (Å²) in [6.45, 7) is 0. The lowest BCUT2D eigenvalue weighted by molar-refractivity contribution is -0.112. The lowest BCUT2D eigenvalue weighted by Gasteiger charge is -2.11. The highest BCUT2D eigenvalue weighted by molar-refractivity contribution is 7.17. The number of thiophene rings is 1. The topological polar surface area (TPSA) is 112 Å². The first kappa shape index (κ1) is 18.0. The number of para-hydroxylation sites is 1. The van der Waals surface area contributed by atoms with E-state index in [1.807, 2.05) is 30.3 Å². The third kappa shape index (κ3) is 3.19. The minimum absolute atomic E-state index is 0.0356. The van der Waals surface area contributed by atoms with Crippen LogP contribution in [-0.4, -0.2) is 16.8 Å². The maximum atomic E-state index is 12.7. The van der Waals surface area contributed by atoms with Gasteiger partial charge in [0.25, 0.3) is 11.8 Å². The molecule has 0 spiro atoms. The van der Waals surface area contributed by atoms with Crippen molar-refractivity contribution >= 4 is 45.1 Å². The van der Waals surface area contributed by atoms with E-state index in [9.17, 15) is 14.9 Å². The first-order chi connectivity index (χ1) is 13.6. The van der Waals surface area contributed by atoms with Gasteiger partial charge in [-0.1, -0.05) is 18.2 Å². The number of nitrogens with one attached hydrogen (secondary N) is 2. The zero-order valence-corrected chi connectivity index (χ0v) is 15.9. The molecule has 2 aromatic heterocycles. The highest BCUT2D eigenvalue weighted by Crippen LogP contribution is 2.38. The molecule has 0 saturated heterocycles. The van der Waals surface area contributed by atoms with Gasteiger partial charge < -0.3 is 16.0 Å². The van der Waals surface area contributed by atoms with Crippen LogP contribution in [0.2, 0.25) is 0 Å². The van der Waals surface area contributed by atoms with E-state index in [1.54, 1.807) is 12.3 Å². The van der Waals surface area contributed by atoms with E-state index in [0.717, 1.165) is 52.6 Å². The van der Waals surface area contributed by atoms with Crippen LogP contribution in [-0.2, 0) is 17.6 Å². The molecule has 2 heterocycles. The van der Waals surface area contributed by atoms with E-state index in [0.29, 0.717) is 10.6 Å². The van der Waals surface area contributed by atoms with Crippen molar-refractivity contribution in [1.82, 2.24) is 4.98 Å². The molecule has 6 nitrogen and oxygen atoms in total. The molecule has 0 fully saturated rings. The quantitative estimate of drug-likeness (QED) is 0.466. The molecule has 7 heteroatoms. The molecule has 0 saturated carbocycles. The Hall–Kier alpha value is -3.37. The van der Waals surface area contributed by atoms with Gasteiger partial charge in [-0.15, -0.1) is 11.3 Å². The summed E-state index contributed by atoms with van der Waals surface area (Å²) in [6, 6.07) is 9.61. The van der Waals surface area contributed by atoms with Crippen LogP contribution in [0.3, 0.4) is 0 Å². The number of H-pyrrole nitrogens is 1. The van der Waals surface area contributed by atoms with Gasteiger partial charge in [-0.05, 0) is 43.4 Å². The molecule has 0 atom stereocenters. The molecule has 2 amide bonds. The van der Waals surface area contributed by atoms with Crippen molar-refractivity contribution in [2.45, 2.75) is 25.7 Å². The highest BCUT2D eigenvalue weighted by Gasteiger charge is 2.25. The van der Waals surface area contributed by atoms with Crippen molar-refractivity contribution in [3.8, 4) is 6.07 Å². The molecule has 1 aromatic carbocycles. The van der Waals surface area contributed by atoms with Crippen molar-refractivity contribution in [2.24, 2.45) is 5.73 Å². The van der Waals surface area contributed by atoms with Gasteiger partial charge in [0.05, 0.1) is 5.56 Å². The van der Waals surface area contributed by atoms with Crippen LogP contribution >= 0.6 is 11.3 Å². The number of amides is 2. The minimum Gasteiger partial charge on any atom is -0.365 e. The Morgan fingerprint density at radius 2 is 2.04 bits per heavy atom. The molecule has 4 N–H and O–H groups in total. The maximum Gasteiger partial charge on any atom is 0.266 e. The van der Waals surface area contributed by atoms with E-state index in [2.05, 4.69) is 10.3 Å². The molecular formula is C21H18N4O2S. The molecule has 1 aliphatic rings. The average Bonchev–Trinajstić information content (AvgIpc) is 3.26. The summed E-state index contributed by atoms with van der Waals surface area (Å²) in [5, 5.41) is 13.6. The lowest BCUT2D eigenvalue weighted by Crippen LogP contribution is -2.19. The Morgan fingerprint density at radius 1 is 1.25 bits per heavy atom.